The van der Waals surface area contributed by atoms with Crippen molar-refractivity contribution in [2.24, 2.45) is 0 Å². The minimum absolute atomic E-state index is 0.0854. The molecule has 0 saturated carbocycles. The van der Waals surface area contributed by atoms with Crippen LogP contribution in [0.4, 0.5) is 5.69 Å². The van der Waals surface area contributed by atoms with Crippen LogP contribution in [0.15, 0.2) is 52.8 Å². The number of carbonyl (C=O) groups is 1. The molecule has 2 aromatic heterocycles. The summed E-state index contributed by atoms with van der Waals surface area (Å²) in [4.78, 5) is 16.6. The molecule has 0 aliphatic heterocycles. The summed E-state index contributed by atoms with van der Waals surface area (Å²) < 4.78 is 2.61. The predicted molar refractivity (Wildman–Crippen MR) is 102 cm³/mol. The van der Waals surface area contributed by atoms with Gasteiger partial charge in [0.1, 0.15) is 17.3 Å². The third kappa shape index (κ3) is 3.85. The van der Waals surface area contributed by atoms with E-state index >= 15 is 0 Å². The molecule has 0 radical (unpaired) electrons. The summed E-state index contributed by atoms with van der Waals surface area (Å²) in [7, 11) is 0. The van der Waals surface area contributed by atoms with Crippen molar-refractivity contribution in [1.82, 2.24) is 9.38 Å². The summed E-state index contributed by atoms with van der Waals surface area (Å²) in [5.74, 6) is -0.586. The van der Waals surface area contributed by atoms with Gasteiger partial charge in [-0.25, -0.2) is 4.98 Å². The zero-order chi connectivity index (χ0) is 18.0. The van der Waals surface area contributed by atoms with Gasteiger partial charge in [0.15, 0.2) is 0 Å². The number of anilines is 1. The van der Waals surface area contributed by atoms with Gasteiger partial charge in [-0.3, -0.25) is 9.20 Å². The highest BCUT2D eigenvalue weighted by atomic mass is 79.9. The van der Waals surface area contributed by atoms with Crippen LogP contribution in [-0.2, 0) is 4.79 Å². The molecule has 8 heteroatoms. The van der Waals surface area contributed by atoms with Crippen LogP contribution in [0.25, 0.3) is 11.7 Å². The van der Waals surface area contributed by atoms with E-state index < -0.39 is 5.91 Å². The lowest BCUT2D eigenvalue weighted by Crippen LogP contribution is -2.14. The molecular formula is C17H9BrCl2N4O. The van der Waals surface area contributed by atoms with Crippen molar-refractivity contribution in [2.75, 3.05) is 5.32 Å². The molecule has 5 nitrogen and oxygen atoms in total. The van der Waals surface area contributed by atoms with E-state index in [9.17, 15) is 10.1 Å². The van der Waals surface area contributed by atoms with E-state index in [-0.39, 0.29) is 5.57 Å². The van der Waals surface area contributed by atoms with E-state index in [0.717, 1.165) is 4.47 Å². The van der Waals surface area contributed by atoms with Crippen molar-refractivity contribution in [2.45, 2.75) is 0 Å². The van der Waals surface area contributed by atoms with Crippen LogP contribution in [0.1, 0.15) is 5.69 Å². The molecule has 3 rings (SSSR count). The van der Waals surface area contributed by atoms with Gasteiger partial charge in [-0.15, -0.1) is 0 Å². The molecule has 0 aliphatic carbocycles. The van der Waals surface area contributed by atoms with Crippen molar-refractivity contribution in [3.63, 3.8) is 0 Å². The number of amides is 1. The number of halogens is 3. The first-order valence-corrected chi connectivity index (χ1v) is 8.53. The standard InChI is InChI=1S/C17H9BrCl2N4O/c18-11-1-4-16-22-8-13(24(16)9-11)5-10(7-21)17(25)23-15-6-12(19)2-3-14(15)20/h1-6,8-9H,(H,23,25). The molecule has 0 atom stereocenters. The fourth-order valence-electron chi connectivity index (χ4n) is 2.16. The Balaban J connectivity index is 1.94. The summed E-state index contributed by atoms with van der Waals surface area (Å²) in [6, 6.07) is 10.3. The van der Waals surface area contributed by atoms with Gasteiger partial charge < -0.3 is 5.32 Å². The number of pyridine rings is 1. The number of fused-ring (bicyclic) bond motifs is 1. The third-order valence-corrected chi connectivity index (χ3v) is 4.37. The van der Waals surface area contributed by atoms with Gasteiger partial charge in [0, 0.05) is 15.7 Å². The maximum absolute atomic E-state index is 12.4. The van der Waals surface area contributed by atoms with Crippen LogP contribution < -0.4 is 5.32 Å². The van der Waals surface area contributed by atoms with Crippen LogP contribution in [0.5, 0.6) is 0 Å². The monoisotopic (exact) mass is 434 g/mol. The number of nitrogens with zero attached hydrogens (tertiary/aromatic N) is 3. The van der Waals surface area contributed by atoms with Crippen LogP contribution in [-0.4, -0.2) is 15.3 Å². The van der Waals surface area contributed by atoms with Crippen molar-refractivity contribution < 1.29 is 4.79 Å². The van der Waals surface area contributed by atoms with Crippen LogP contribution in [0.2, 0.25) is 10.0 Å². The SMILES string of the molecule is N#CC(=Cc1cnc2ccc(Br)cn12)C(=O)Nc1cc(Cl)ccc1Cl. The minimum Gasteiger partial charge on any atom is -0.320 e. The summed E-state index contributed by atoms with van der Waals surface area (Å²) in [6.45, 7) is 0. The topological polar surface area (TPSA) is 70.2 Å². The molecule has 0 bridgehead atoms. The van der Waals surface area contributed by atoms with Crippen LogP contribution in [0.3, 0.4) is 0 Å². The second-order valence-electron chi connectivity index (χ2n) is 5.01. The molecule has 25 heavy (non-hydrogen) atoms. The highest BCUT2D eigenvalue weighted by Crippen LogP contribution is 2.26. The molecule has 0 saturated heterocycles. The summed E-state index contributed by atoms with van der Waals surface area (Å²) in [5, 5.41) is 12.7. The molecule has 1 N–H and O–H groups in total. The van der Waals surface area contributed by atoms with E-state index in [1.807, 2.05) is 18.2 Å². The van der Waals surface area contributed by atoms with Gasteiger partial charge in [-0.05, 0) is 52.3 Å². The quantitative estimate of drug-likeness (QED) is 0.467. The number of nitriles is 1. The zero-order valence-corrected chi connectivity index (χ0v) is 15.6. The average molecular weight is 436 g/mol. The number of benzene rings is 1. The van der Waals surface area contributed by atoms with Crippen LogP contribution >= 0.6 is 39.1 Å². The molecule has 0 spiro atoms. The number of hydrogen-bond acceptors (Lipinski definition) is 3. The lowest BCUT2D eigenvalue weighted by Gasteiger charge is -2.07. The van der Waals surface area contributed by atoms with Gasteiger partial charge in [0.05, 0.1) is 22.6 Å². The predicted octanol–water partition coefficient (Wildman–Crippen LogP) is 4.95. The molecule has 0 fully saturated rings. The fraction of sp³-hybridized carbons (Fsp3) is 0. The minimum atomic E-state index is -0.586. The normalized spacial score (nSPS) is 11.4. The Hall–Kier alpha value is -2.33. The van der Waals surface area contributed by atoms with E-state index in [1.54, 1.807) is 28.9 Å². The molecule has 2 heterocycles. The highest BCUT2D eigenvalue weighted by molar-refractivity contribution is 9.10. The Kier molecular flexibility index (Phi) is 5.09. The number of hydrogen-bond donors (Lipinski definition) is 1. The molecular weight excluding hydrogens is 427 g/mol. The lowest BCUT2D eigenvalue weighted by molar-refractivity contribution is -0.112. The number of rotatable bonds is 3. The van der Waals surface area contributed by atoms with Gasteiger partial charge in [-0.2, -0.15) is 5.26 Å². The smallest absolute Gasteiger partial charge is 0.266 e. The van der Waals surface area contributed by atoms with Gasteiger partial charge in [0.2, 0.25) is 0 Å². The first kappa shape index (κ1) is 17.5. The number of nitrogens with one attached hydrogen (secondary N) is 1. The maximum Gasteiger partial charge on any atom is 0.266 e. The molecule has 1 amide bonds. The molecule has 0 unspecified atom stereocenters. The van der Waals surface area contributed by atoms with E-state index in [2.05, 4.69) is 26.2 Å². The number of aromatic nitrogens is 2. The summed E-state index contributed by atoms with van der Waals surface area (Å²) in [6.07, 6.45) is 4.84. The Labute approximate surface area is 161 Å². The molecule has 1 aromatic carbocycles. The Morgan fingerprint density at radius 2 is 2.12 bits per heavy atom. The van der Waals surface area contributed by atoms with Crippen molar-refractivity contribution >= 4 is 62.4 Å². The van der Waals surface area contributed by atoms with Crippen LogP contribution in [0, 0.1) is 11.3 Å². The van der Waals surface area contributed by atoms with E-state index in [0.29, 0.717) is 27.1 Å². The largest absolute Gasteiger partial charge is 0.320 e. The second-order valence-corrected chi connectivity index (χ2v) is 6.77. The molecule has 0 aliphatic rings. The van der Waals surface area contributed by atoms with Crippen molar-refractivity contribution in [1.29, 1.82) is 5.26 Å². The van der Waals surface area contributed by atoms with E-state index in [4.69, 9.17) is 23.2 Å². The Morgan fingerprint density at radius 1 is 1.32 bits per heavy atom. The fourth-order valence-corrected chi connectivity index (χ4v) is 2.83. The highest BCUT2D eigenvalue weighted by Gasteiger charge is 2.13. The maximum atomic E-state index is 12.4. The number of carbonyl (C=O) groups excluding carboxylic acids is 1. The average Bonchev–Trinajstić information content (AvgIpc) is 2.97. The van der Waals surface area contributed by atoms with Gasteiger partial charge in [-0.1, -0.05) is 23.2 Å². The lowest BCUT2D eigenvalue weighted by atomic mass is 10.2. The van der Waals surface area contributed by atoms with Gasteiger partial charge in [0.25, 0.3) is 5.91 Å². The summed E-state index contributed by atoms with van der Waals surface area (Å²) in [5.41, 5.74) is 1.55. The number of imidazole rings is 1. The Bertz CT molecular complexity index is 1050. The summed E-state index contributed by atoms with van der Waals surface area (Å²) >= 11 is 15.3. The second kappa shape index (κ2) is 7.28. The third-order valence-electron chi connectivity index (χ3n) is 3.33. The van der Waals surface area contributed by atoms with Crippen molar-refractivity contribution in [3.8, 4) is 6.07 Å². The molecule has 3 aromatic rings. The first-order chi connectivity index (χ1) is 12.0. The Morgan fingerprint density at radius 3 is 2.88 bits per heavy atom. The van der Waals surface area contributed by atoms with Crippen molar-refractivity contribution in [3.05, 3.63) is 68.5 Å². The first-order valence-electron chi connectivity index (χ1n) is 6.99. The zero-order valence-electron chi connectivity index (χ0n) is 12.5. The molecule has 124 valence electrons. The van der Waals surface area contributed by atoms with E-state index in [1.165, 1.54) is 12.1 Å². The van der Waals surface area contributed by atoms with Gasteiger partial charge >= 0.3 is 0 Å².